The summed E-state index contributed by atoms with van der Waals surface area (Å²) >= 11 is 0. The Labute approximate surface area is 202 Å². The van der Waals surface area contributed by atoms with Gasteiger partial charge in [0.1, 0.15) is 12.6 Å². The summed E-state index contributed by atoms with van der Waals surface area (Å²) in [4.78, 5) is 13.4. The summed E-state index contributed by atoms with van der Waals surface area (Å²) < 4.78 is 13.2. The van der Waals surface area contributed by atoms with Gasteiger partial charge in [0.15, 0.2) is 11.5 Å². The number of tetrazole rings is 1. The van der Waals surface area contributed by atoms with Crippen LogP contribution in [0.25, 0.3) is 0 Å². The van der Waals surface area contributed by atoms with E-state index in [9.17, 15) is 4.79 Å². The summed E-state index contributed by atoms with van der Waals surface area (Å²) in [6, 6.07) is 24.2. The molecule has 9 nitrogen and oxygen atoms in total. The second-order valence-corrected chi connectivity index (χ2v) is 8.02. The number of anilines is 2. The maximum absolute atomic E-state index is 13.4. The van der Waals surface area contributed by atoms with E-state index in [2.05, 4.69) is 26.2 Å². The van der Waals surface area contributed by atoms with E-state index in [0.29, 0.717) is 41.0 Å². The molecule has 4 aromatic rings. The van der Waals surface area contributed by atoms with E-state index in [-0.39, 0.29) is 5.91 Å². The summed E-state index contributed by atoms with van der Waals surface area (Å²) in [6.07, 6.45) is 0. The average molecular weight is 469 g/mol. The first-order chi connectivity index (χ1) is 17.1. The van der Waals surface area contributed by atoms with Crippen molar-refractivity contribution >= 4 is 17.5 Å². The van der Waals surface area contributed by atoms with E-state index in [4.69, 9.17) is 9.47 Å². The van der Waals surface area contributed by atoms with Gasteiger partial charge in [0, 0.05) is 11.4 Å². The van der Waals surface area contributed by atoms with Crippen molar-refractivity contribution in [1.29, 1.82) is 0 Å². The fourth-order valence-electron chi connectivity index (χ4n) is 4.04. The predicted molar refractivity (Wildman–Crippen MR) is 131 cm³/mol. The molecule has 0 radical (unpaired) electrons. The van der Waals surface area contributed by atoms with Crippen molar-refractivity contribution < 1.29 is 14.3 Å². The summed E-state index contributed by atoms with van der Waals surface area (Å²) in [7, 11) is 1.59. The molecule has 0 spiro atoms. The van der Waals surface area contributed by atoms with Crippen LogP contribution in [0.2, 0.25) is 0 Å². The Morgan fingerprint density at radius 2 is 1.77 bits per heavy atom. The Morgan fingerprint density at radius 3 is 2.51 bits per heavy atom. The largest absolute Gasteiger partial charge is 0.493 e. The summed E-state index contributed by atoms with van der Waals surface area (Å²) in [5.74, 6) is 1.34. The minimum absolute atomic E-state index is 0.254. The van der Waals surface area contributed by atoms with Crippen molar-refractivity contribution in [2.45, 2.75) is 19.6 Å². The van der Waals surface area contributed by atoms with Crippen LogP contribution in [0.4, 0.5) is 11.6 Å². The third-order valence-corrected chi connectivity index (χ3v) is 5.73. The van der Waals surface area contributed by atoms with Crippen molar-refractivity contribution in [3.8, 4) is 11.5 Å². The fourth-order valence-corrected chi connectivity index (χ4v) is 4.04. The standard InChI is InChI=1S/C26H24N6O3/c1-17-23(25(33)28-20-11-7-4-8-12-20)24(32-26(27-17)29-30-31-32)19-13-14-21(22(15-19)34-2)35-16-18-9-5-3-6-10-18/h3-15,24H,16H2,1-2H3,(H,28,33)(H,27,29,31). The number of nitrogens with zero attached hydrogens (tertiary/aromatic N) is 4. The minimum Gasteiger partial charge on any atom is -0.493 e. The average Bonchev–Trinajstić information content (AvgIpc) is 3.35. The highest BCUT2D eigenvalue weighted by Gasteiger charge is 2.34. The summed E-state index contributed by atoms with van der Waals surface area (Å²) in [5.41, 5.74) is 3.68. The third-order valence-electron chi connectivity index (χ3n) is 5.73. The van der Waals surface area contributed by atoms with Crippen LogP contribution in [0.3, 0.4) is 0 Å². The number of amides is 1. The Hall–Kier alpha value is -4.66. The van der Waals surface area contributed by atoms with Gasteiger partial charge in [-0.1, -0.05) is 59.7 Å². The highest BCUT2D eigenvalue weighted by Crippen LogP contribution is 2.38. The maximum Gasteiger partial charge on any atom is 0.255 e. The lowest BCUT2D eigenvalue weighted by Gasteiger charge is -2.28. The highest BCUT2D eigenvalue weighted by molar-refractivity contribution is 6.06. The van der Waals surface area contributed by atoms with Crippen LogP contribution >= 0.6 is 0 Å². The number of benzene rings is 3. The molecular weight excluding hydrogens is 444 g/mol. The lowest BCUT2D eigenvalue weighted by molar-refractivity contribution is -0.113. The Morgan fingerprint density at radius 1 is 1.03 bits per heavy atom. The van der Waals surface area contributed by atoms with Gasteiger partial charge < -0.3 is 20.1 Å². The number of hydrogen-bond donors (Lipinski definition) is 2. The molecule has 35 heavy (non-hydrogen) atoms. The molecule has 0 aliphatic carbocycles. The molecule has 0 saturated carbocycles. The zero-order valence-corrected chi connectivity index (χ0v) is 19.3. The fraction of sp³-hybridized carbons (Fsp3) is 0.154. The molecule has 5 rings (SSSR count). The van der Waals surface area contributed by atoms with E-state index in [0.717, 1.165) is 11.1 Å². The Balaban J connectivity index is 1.48. The molecule has 176 valence electrons. The number of methoxy groups -OCH3 is 1. The van der Waals surface area contributed by atoms with E-state index < -0.39 is 6.04 Å². The second-order valence-electron chi connectivity index (χ2n) is 8.02. The van der Waals surface area contributed by atoms with Crippen LogP contribution in [0.5, 0.6) is 11.5 Å². The number of carbonyl (C=O) groups is 1. The smallest absolute Gasteiger partial charge is 0.255 e. The van der Waals surface area contributed by atoms with Crippen LogP contribution in [0.15, 0.2) is 90.1 Å². The zero-order valence-electron chi connectivity index (χ0n) is 19.3. The minimum atomic E-state index is -0.568. The molecule has 1 aliphatic rings. The summed E-state index contributed by atoms with van der Waals surface area (Å²) in [6.45, 7) is 2.24. The highest BCUT2D eigenvalue weighted by atomic mass is 16.5. The van der Waals surface area contributed by atoms with Gasteiger partial charge in [-0.25, -0.2) is 0 Å². The van der Waals surface area contributed by atoms with Crippen LogP contribution in [0, 0.1) is 0 Å². The number of allylic oxidation sites excluding steroid dienone is 1. The van der Waals surface area contributed by atoms with Gasteiger partial charge in [-0.05, 0) is 52.7 Å². The van der Waals surface area contributed by atoms with Gasteiger partial charge in [-0.2, -0.15) is 4.68 Å². The Kier molecular flexibility index (Phi) is 6.13. The molecule has 0 saturated heterocycles. The van der Waals surface area contributed by atoms with Crippen molar-refractivity contribution in [3.63, 3.8) is 0 Å². The van der Waals surface area contributed by atoms with E-state index in [1.165, 1.54) is 0 Å². The SMILES string of the molecule is COc1cc(C2C(C(=O)Nc3ccccc3)=C(C)Nc3nnnn32)ccc1OCc1ccccc1. The predicted octanol–water partition coefficient (Wildman–Crippen LogP) is 4.19. The van der Waals surface area contributed by atoms with Crippen molar-refractivity contribution in [3.05, 3.63) is 101 Å². The van der Waals surface area contributed by atoms with Gasteiger partial charge in [-0.3, -0.25) is 4.79 Å². The number of rotatable bonds is 7. The number of carbonyl (C=O) groups excluding carboxylic acids is 1. The van der Waals surface area contributed by atoms with Crippen LogP contribution in [-0.2, 0) is 11.4 Å². The van der Waals surface area contributed by atoms with Crippen molar-refractivity contribution in [2.24, 2.45) is 0 Å². The van der Waals surface area contributed by atoms with Gasteiger partial charge in [0.2, 0.25) is 5.95 Å². The number of ether oxygens (including phenoxy) is 2. The summed E-state index contributed by atoms with van der Waals surface area (Å²) in [5, 5.41) is 18.1. The van der Waals surface area contributed by atoms with E-state index in [1.807, 2.05) is 85.8 Å². The van der Waals surface area contributed by atoms with E-state index in [1.54, 1.807) is 11.8 Å². The molecule has 3 aromatic carbocycles. The number of hydrogen-bond acceptors (Lipinski definition) is 7. The maximum atomic E-state index is 13.4. The molecule has 0 fully saturated rings. The monoisotopic (exact) mass is 468 g/mol. The van der Waals surface area contributed by atoms with E-state index >= 15 is 0 Å². The van der Waals surface area contributed by atoms with Crippen LogP contribution in [0.1, 0.15) is 24.1 Å². The number of para-hydroxylation sites is 1. The Bertz CT molecular complexity index is 1370. The molecule has 1 amide bonds. The first-order valence-corrected chi connectivity index (χ1v) is 11.1. The normalized spacial score (nSPS) is 14.6. The van der Waals surface area contributed by atoms with Gasteiger partial charge in [0.25, 0.3) is 5.91 Å². The third kappa shape index (κ3) is 4.56. The first kappa shape index (κ1) is 22.1. The molecular formula is C26H24N6O3. The number of nitrogens with one attached hydrogen (secondary N) is 2. The lowest BCUT2D eigenvalue weighted by atomic mass is 9.94. The molecule has 1 aliphatic heterocycles. The van der Waals surface area contributed by atoms with Gasteiger partial charge in [-0.15, -0.1) is 0 Å². The molecule has 9 heteroatoms. The number of fused-ring (bicyclic) bond motifs is 1. The molecule has 1 atom stereocenters. The second kappa shape index (κ2) is 9.68. The molecule has 2 N–H and O–H groups in total. The van der Waals surface area contributed by atoms with Crippen LogP contribution < -0.4 is 20.1 Å². The molecule has 1 aromatic heterocycles. The molecule has 2 heterocycles. The quantitative estimate of drug-likeness (QED) is 0.419. The first-order valence-electron chi connectivity index (χ1n) is 11.1. The molecule has 0 bridgehead atoms. The number of aromatic nitrogens is 4. The van der Waals surface area contributed by atoms with Crippen molar-refractivity contribution in [1.82, 2.24) is 20.2 Å². The molecule has 1 unspecified atom stereocenters. The zero-order chi connectivity index (χ0) is 24.2. The van der Waals surface area contributed by atoms with Crippen molar-refractivity contribution in [2.75, 3.05) is 17.7 Å². The lowest BCUT2D eigenvalue weighted by Crippen LogP contribution is -2.31. The van der Waals surface area contributed by atoms with Gasteiger partial charge in [0.05, 0.1) is 12.7 Å². The topological polar surface area (TPSA) is 103 Å². The van der Waals surface area contributed by atoms with Crippen LogP contribution in [-0.4, -0.2) is 33.2 Å². The van der Waals surface area contributed by atoms with Gasteiger partial charge >= 0.3 is 0 Å².